The first-order chi connectivity index (χ1) is 8.87. The van der Waals surface area contributed by atoms with Gasteiger partial charge in [0.1, 0.15) is 6.61 Å². The number of ether oxygens (including phenoxy) is 1. The largest absolute Gasteiger partial charge is 0.447 e. The van der Waals surface area contributed by atoms with Gasteiger partial charge < -0.3 is 9.84 Å². The SMILES string of the molecule is C[C@H](C(=O)N1C(=O)OC[C@@H]1C(C)(C)C)[C@@H](O)C(C)(C)C. The van der Waals surface area contributed by atoms with Crippen molar-refractivity contribution in [3.63, 3.8) is 0 Å². The molecule has 5 heteroatoms. The van der Waals surface area contributed by atoms with Gasteiger partial charge in [-0.15, -0.1) is 0 Å². The molecule has 0 unspecified atom stereocenters. The van der Waals surface area contributed by atoms with Crippen LogP contribution in [0.25, 0.3) is 0 Å². The number of aliphatic hydroxyl groups excluding tert-OH is 1. The third-order valence-electron chi connectivity index (χ3n) is 3.86. The average molecular weight is 285 g/mol. The molecule has 5 nitrogen and oxygen atoms in total. The van der Waals surface area contributed by atoms with Crippen LogP contribution in [0.3, 0.4) is 0 Å². The maximum atomic E-state index is 12.6. The summed E-state index contributed by atoms with van der Waals surface area (Å²) < 4.78 is 5.03. The van der Waals surface area contributed by atoms with Gasteiger partial charge in [-0.3, -0.25) is 4.79 Å². The lowest BCUT2D eigenvalue weighted by molar-refractivity contribution is -0.140. The molecule has 116 valence electrons. The summed E-state index contributed by atoms with van der Waals surface area (Å²) in [6.45, 7) is 13.4. The zero-order valence-corrected chi connectivity index (χ0v) is 13.6. The van der Waals surface area contributed by atoms with Crippen LogP contribution in [-0.4, -0.2) is 40.8 Å². The topological polar surface area (TPSA) is 66.8 Å². The lowest BCUT2D eigenvalue weighted by atomic mass is 9.80. The fourth-order valence-electron chi connectivity index (χ4n) is 2.41. The number of nitrogens with zero attached hydrogens (tertiary/aromatic N) is 1. The highest BCUT2D eigenvalue weighted by molar-refractivity contribution is 5.95. The number of carbonyl (C=O) groups excluding carboxylic acids is 2. The van der Waals surface area contributed by atoms with Crippen LogP contribution in [0, 0.1) is 16.7 Å². The number of amides is 2. The van der Waals surface area contributed by atoms with E-state index in [1.54, 1.807) is 6.92 Å². The van der Waals surface area contributed by atoms with Gasteiger partial charge in [-0.2, -0.15) is 0 Å². The maximum absolute atomic E-state index is 12.6. The van der Waals surface area contributed by atoms with Gasteiger partial charge in [0.2, 0.25) is 5.91 Å². The van der Waals surface area contributed by atoms with Crippen molar-refractivity contribution in [2.45, 2.75) is 60.6 Å². The quantitative estimate of drug-likeness (QED) is 0.846. The van der Waals surface area contributed by atoms with E-state index in [9.17, 15) is 14.7 Å². The monoisotopic (exact) mass is 285 g/mol. The van der Waals surface area contributed by atoms with Crippen LogP contribution in [0.4, 0.5) is 4.79 Å². The number of hydrogen-bond acceptors (Lipinski definition) is 4. The number of carbonyl (C=O) groups is 2. The summed E-state index contributed by atoms with van der Waals surface area (Å²) in [4.78, 5) is 25.6. The van der Waals surface area contributed by atoms with E-state index in [0.717, 1.165) is 0 Å². The Morgan fingerprint density at radius 2 is 1.80 bits per heavy atom. The third-order valence-corrected chi connectivity index (χ3v) is 3.86. The zero-order valence-electron chi connectivity index (χ0n) is 13.6. The summed E-state index contributed by atoms with van der Waals surface area (Å²) in [5, 5.41) is 10.3. The molecule has 1 fully saturated rings. The van der Waals surface area contributed by atoms with Crippen molar-refractivity contribution in [2.75, 3.05) is 6.61 Å². The molecule has 0 bridgehead atoms. The number of cyclic esters (lactones) is 1. The van der Waals surface area contributed by atoms with Gasteiger partial charge in [0.15, 0.2) is 0 Å². The maximum Gasteiger partial charge on any atom is 0.417 e. The lowest BCUT2D eigenvalue weighted by Crippen LogP contribution is -2.51. The standard InChI is InChI=1S/C15H27NO4/c1-9(11(17)15(5,6)7)12(18)16-10(14(2,3)4)8-20-13(16)19/h9-11,17H,8H2,1-7H3/t9-,10+,11+/m0/s1. The fourth-order valence-corrected chi connectivity index (χ4v) is 2.41. The Balaban J connectivity index is 2.97. The van der Waals surface area contributed by atoms with Crippen LogP contribution in [-0.2, 0) is 9.53 Å². The molecular weight excluding hydrogens is 258 g/mol. The molecule has 0 aliphatic carbocycles. The van der Waals surface area contributed by atoms with Crippen LogP contribution in [0.5, 0.6) is 0 Å². The smallest absolute Gasteiger partial charge is 0.417 e. The third kappa shape index (κ3) is 3.32. The number of imide groups is 1. The highest BCUT2D eigenvalue weighted by atomic mass is 16.6. The summed E-state index contributed by atoms with van der Waals surface area (Å²) in [5.41, 5.74) is -0.676. The van der Waals surface area contributed by atoms with Crippen LogP contribution < -0.4 is 0 Å². The predicted molar refractivity (Wildman–Crippen MR) is 76.1 cm³/mol. The molecule has 3 atom stereocenters. The Bertz CT molecular complexity index is 392. The molecule has 1 aliphatic rings. The first kappa shape index (κ1) is 17.0. The summed E-state index contributed by atoms with van der Waals surface area (Å²) >= 11 is 0. The van der Waals surface area contributed by atoms with E-state index < -0.39 is 23.5 Å². The second-order valence-electron chi connectivity index (χ2n) is 7.77. The Hall–Kier alpha value is -1.10. The van der Waals surface area contributed by atoms with Crippen LogP contribution in [0.15, 0.2) is 0 Å². The van der Waals surface area contributed by atoms with Crippen LogP contribution in [0.2, 0.25) is 0 Å². The zero-order chi connectivity index (χ0) is 15.9. The Labute approximate surface area is 121 Å². The van der Waals surface area contributed by atoms with E-state index in [1.807, 2.05) is 41.5 Å². The summed E-state index contributed by atoms with van der Waals surface area (Å²) in [6.07, 6.45) is -1.42. The molecule has 0 saturated carbocycles. The molecule has 0 spiro atoms. The first-order valence-electron chi connectivity index (χ1n) is 7.05. The molecule has 0 radical (unpaired) electrons. The van der Waals surface area contributed by atoms with Crippen molar-refractivity contribution in [1.82, 2.24) is 4.90 Å². The minimum atomic E-state index is -0.816. The van der Waals surface area contributed by atoms with Crippen molar-refractivity contribution >= 4 is 12.0 Å². The molecule has 0 aromatic carbocycles. The molecule has 20 heavy (non-hydrogen) atoms. The fraction of sp³-hybridized carbons (Fsp3) is 0.867. The highest BCUT2D eigenvalue weighted by Gasteiger charge is 2.47. The summed E-state index contributed by atoms with van der Waals surface area (Å²) in [6, 6.07) is -0.294. The minimum Gasteiger partial charge on any atom is -0.447 e. The van der Waals surface area contributed by atoms with Crippen molar-refractivity contribution in [3.8, 4) is 0 Å². The number of aliphatic hydroxyl groups is 1. The second-order valence-corrected chi connectivity index (χ2v) is 7.77. The van der Waals surface area contributed by atoms with Crippen molar-refractivity contribution in [1.29, 1.82) is 0 Å². The minimum absolute atomic E-state index is 0.215. The van der Waals surface area contributed by atoms with Crippen LogP contribution >= 0.6 is 0 Å². The van der Waals surface area contributed by atoms with Gasteiger partial charge in [0.25, 0.3) is 0 Å². The van der Waals surface area contributed by atoms with E-state index in [0.29, 0.717) is 0 Å². The summed E-state index contributed by atoms with van der Waals surface area (Å²) in [5.74, 6) is -1.01. The lowest BCUT2D eigenvalue weighted by Gasteiger charge is -2.35. The van der Waals surface area contributed by atoms with E-state index in [4.69, 9.17) is 4.74 Å². The van der Waals surface area contributed by atoms with Crippen molar-refractivity contribution in [3.05, 3.63) is 0 Å². The van der Waals surface area contributed by atoms with E-state index in [-0.39, 0.29) is 24.0 Å². The Morgan fingerprint density at radius 1 is 1.30 bits per heavy atom. The molecule has 2 amide bonds. The second kappa shape index (κ2) is 5.35. The average Bonchev–Trinajstić information content (AvgIpc) is 2.66. The van der Waals surface area contributed by atoms with Gasteiger partial charge in [0.05, 0.1) is 18.1 Å². The first-order valence-corrected chi connectivity index (χ1v) is 7.05. The normalized spacial score (nSPS) is 23.5. The van der Waals surface area contributed by atoms with Gasteiger partial charge in [-0.05, 0) is 10.8 Å². The van der Waals surface area contributed by atoms with Crippen LogP contribution in [0.1, 0.15) is 48.5 Å². The van der Waals surface area contributed by atoms with Crippen molar-refractivity contribution < 1.29 is 19.4 Å². The molecule has 0 aromatic rings. The summed E-state index contributed by atoms with van der Waals surface area (Å²) in [7, 11) is 0. The molecular formula is C15H27NO4. The van der Waals surface area contributed by atoms with E-state index in [1.165, 1.54) is 4.90 Å². The Kier molecular flexibility index (Phi) is 4.54. The van der Waals surface area contributed by atoms with Gasteiger partial charge >= 0.3 is 6.09 Å². The molecule has 1 heterocycles. The van der Waals surface area contributed by atoms with Crippen molar-refractivity contribution in [2.24, 2.45) is 16.7 Å². The molecule has 1 rings (SSSR count). The predicted octanol–water partition coefficient (Wildman–Crippen LogP) is 2.42. The Morgan fingerprint density at radius 3 is 2.20 bits per heavy atom. The molecule has 1 N–H and O–H groups in total. The number of rotatable bonds is 2. The molecule has 0 aromatic heterocycles. The molecule has 1 saturated heterocycles. The highest BCUT2D eigenvalue weighted by Crippen LogP contribution is 2.33. The van der Waals surface area contributed by atoms with E-state index in [2.05, 4.69) is 0 Å². The number of hydrogen-bond donors (Lipinski definition) is 1. The van der Waals surface area contributed by atoms with Gasteiger partial charge in [-0.1, -0.05) is 48.5 Å². The van der Waals surface area contributed by atoms with Gasteiger partial charge in [-0.25, -0.2) is 9.69 Å². The van der Waals surface area contributed by atoms with E-state index >= 15 is 0 Å². The molecule has 1 aliphatic heterocycles. The van der Waals surface area contributed by atoms with Gasteiger partial charge in [0, 0.05) is 0 Å².